The Morgan fingerprint density at radius 2 is 1.84 bits per heavy atom. The molecule has 3 aromatic carbocycles. The second kappa shape index (κ2) is 12.3. The van der Waals surface area contributed by atoms with E-state index in [0.717, 1.165) is 33.9 Å². The van der Waals surface area contributed by atoms with Crippen molar-refractivity contribution in [2.45, 2.75) is 20.5 Å². The fourth-order valence-electron chi connectivity index (χ4n) is 3.69. The van der Waals surface area contributed by atoms with Crippen molar-refractivity contribution in [3.05, 3.63) is 92.5 Å². The van der Waals surface area contributed by atoms with Crippen LogP contribution < -0.4 is 14.8 Å². The first-order valence-corrected chi connectivity index (χ1v) is 13.3. The number of anilines is 1. The molecule has 7 nitrogen and oxygen atoms in total. The highest BCUT2D eigenvalue weighted by atomic mass is 79.9. The van der Waals surface area contributed by atoms with E-state index >= 15 is 0 Å². The summed E-state index contributed by atoms with van der Waals surface area (Å²) in [6.45, 7) is 4.13. The lowest BCUT2D eigenvalue weighted by Gasteiger charge is -2.14. The van der Waals surface area contributed by atoms with Crippen LogP contribution in [0.1, 0.15) is 23.6 Å². The third-order valence-corrected chi connectivity index (χ3v) is 7.00. The summed E-state index contributed by atoms with van der Waals surface area (Å²) >= 11 is 4.25. The van der Waals surface area contributed by atoms with Gasteiger partial charge in [0.05, 0.1) is 11.5 Å². The number of halogens is 2. The average Bonchev–Trinajstić information content (AvgIpc) is 3.12. The highest BCUT2D eigenvalue weighted by Gasteiger charge is 2.36. The summed E-state index contributed by atoms with van der Waals surface area (Å²) in [5.41, 5.74) is 2.98. The fourth-order valence-corrected chi connectivity index (χ4v) is 4.96. The van der Waals surface area contributed by atoms with E-state index in [4.69, 9.17) is 9.47 Å². The van der Waals surface area contributed by atoms with Crippen LogP contribution in [0.3, 0.4) is 0 Å². The van der Waals surface area contributed by atoms with Crippen molar-refractivity contribution in [3.8, 4) is 11.5 Å². The first kappa shape index (κ1) is 27.4. The van der Waals surface area contributed by atoms with E-state index in [9.17, 15) is 18.8 Å². The van der Waals surface area contributed by atoms with Gasteiger partial charge in [0.25, 0.3) is 11.1 Å². The van der Waals surface area contributed by atoms with E-state index in [2.05, 4.69) is 21.2 Å². The molecule has 3 aromatic rings. The molecule has 1 aliphatic heterocycles. The standard InChI is InChI=1S/C28H24BrFN2O5S/c1-3-36-23-11-19(22(29)14-24(23)37-16-18-7-4-6-17(2)10-18)12-25-27(34)32(28(35)38-25)15-26(33)31-21-9-5-8-20(30)13-21/h4-14H,3,15-16H2,1-2H3,(H,31,33)/b25-12+. The number of imide groups is 1. The number of amides is 3. The fraction of sp³-hybridized carbons (Fsp3) is 0.179. The molecule has 0 atom stereocenters. The largest absolute Gasteiger partial charge is 0.490 e. The van der Waals surface area contributed by atoms with E-state index in [1.54, 1.807) is 18.2 Å². The summed E-state index contributed by atoms with van der Waals surface area (Å²) < 4.78 is 25.8. The Labute approximate surface area is 232 Å². The first-order valence-electron chi connectivity index (χ1n) is 11.7. The summed E-state index contributed by atoms with van der Waals surface area (Å²) in [5, 5.41) is 1.91. The molecule has 1 heterocycles. The molecule has 1 fully saturated rings. The molecule has 196 valence electrons. The van der Waals surface area contributed by atoms with Crippen LogP contribution in [0.15, 0.2) is 70.0 Å². The molecule has 10 heteroatoms. The average molecular weight is 599 g/mol. The van der Waals surface area contributed by atoms with Gasteiger partial charge >= 0.3 is 0 Å². The molecule has 1 saturated heterocycles. The third-order valence-electron chi connectivity index (χ3n) is 5.41. The molecule has 1 aliphatic rings. The van der Waals surface area contributed by atoms with E-state index < -0.39 is 29.4 Å². The van der Waals surface area contributed by atoms with Crippen molar-refractivity contribution >= 4 is 56.5 Å². The van der Waals surface area contributed by atoms with Crippen LogP contribution in [0.25, 0.3) is 6.08 Å². The number of carbonyl (C=O) groups excluding carboxylic acids is 3. The number of carbonyl (C=O) groups is 3. The number of nitrogens with one attached hydrogen (secondary N) is 1. The number of rotatable bonds is 9. The minimum absolute atomic E-state index is 0.158. The number of ether oxygens (including phenoxy) is 2. The molecule has 4 rings (SSSR count). The highest BCUT2D eigenvalue weighted by molar-refractivity contribution is 9.10. The van der Waals surface area contributed by atoms with Gasteiger partial charge in [0.2, 0.25) is 5.91 Å². The third kappa shape index (κ3) is 6.81. The molecule has 0 aliphatic carbocycles. The van der Waals surface area contributed by atoms with Crippen molar-refractivity contribution < 1.29 is 28.2 Å². The van der Waals surface area contributed by atoms with Crippen LogP contribution in [0, 0.1) is 12.7 Å². The van der Waals surface area contributed by atoms with Gasteiger partial charge in [-0.25, -0.2) is 4.39 Å². The lowest BCUT2D eigenvalue weighted by Crippen LogP contribution is -2.36. The number of hydrogen-bond acceptors (Lipinski definition) is 6. The molecular formula is C28H24BrFN2O5S. The maximum Gasteiger partial charge on any atom is 0.294 e. The predicted octanol–water partition coefficient (Wildman–Crippen LogP) is 6.55. The zero-order valence-corrected chi connectivity index (χ0v) is 23.0. The van der Waals surface area contributed by atoms with E-state index in [-0.39, 0.29) is 10.6 Å². The summed E-state index contributed by atoms with van der Waals surface area (Å²) in [6, 6.07) is 16.8. The molecule has 1 N–H and O–H groups in total. The number of nitrogens with zero attached hydrogens (tertiary/aromatic N) is 1. The molecule has 3 amide bonds. The molecule has 0 bridgehead atoms. The molecular weight excluding hydrogens is 575 g/mol. The summed E-state index contributed by atoms with van der Waals surface area (Å²) in [7, 11) is 0. The van der Waals surface area contributed by atoms with Crippen molar-refractivity contribution in [1.29, 1.82) is 0 Å². The van der Waals surface area contributed by atoms with Crippen molar-refractivity contribution in [2.75, 3.05) is 18.5 Å². The van der Waals surface area contributed by atoms with Crippen LogP contribution in [0.4, 0.5) is 14.9 Å². The number of thioether (sulfide) groups is 1. The Kier molecular flexibility index (Phi) is 8.85. The Hall–Kier alpha value is -3.63. The molecule has 0 spiro atoms. The maximum absolute atomic E-state index is 13.4. The van der Waals surface area contributed by atoms with Crippen molar-refractivity contribution in [1.82, 2.24) is 4.90 Å². The lowest BCUT2D eigenvalue weighted by molar-refractivity contribution is -0.127. The van der Waals surface area contributed by atoms with E-state index in [1.807, 2.05) is 38.1 Å². The van der Waals surface area contributed by atoms with Crippen LogP contribution in [0.5, 0.6) is 11.5 Å². The molecule has 38 heavy (non-hydrogen) atoms. The van der Waals surface area contributed by atoms with E-state index in [1.165, 1.54) is 18.2 Å². The van der Waals surface area contributed by atoms with Gasteiger partial charge in [-0.15, -0.1) is 0 Å². The van der Waals surface area contributed by atoms with Crippen molar-refractivity contribution in [3.63, 3.8) is 0 Å². The van der Waals surface area contributed by atoms with Crippen LogP contribution in [-0.4, -0.2) is 35.1 Å². The summed E-state index contributed by atoms with van der Waals surface area (Å²) in [5.74, 6) is -0.712. The topological polar surface area (TPSA) is 84.9 Å². The normalized spacial score (nSPS) is 14.2. The van der Waals surface area contributed by atoms with Gasteiger partial charge in [0.15, 0.2) is 11.5 Å². The van der Waals surface area contributed by atoms with Gasteiger partial charge in [-0.1, -0.05) is 51.8 Å². The monoisotopic (exact) mass is 598 g/mol. The number of aryl methyl sites for hydroxylation is 1. The van der Waals surface area contributed by atoms with Crippen molar-refractivity contribution in [2.24, 2.45) is 0 Å². The highest BCUT2D eigenvalue weighted by Crippen LogP contribution is 2.38. The SMILES string of the molecule is CCOc1cc(/C=C2/SC(=O)N(CC(=O)Nc3cccc(F)c3)C2=O)c(Br)cc1OCc1cccc(C)c1. The Bertz CT molecular complexity index is 1430. The van der Waals surface area contributed by atoms with Gasteiger partial charge in [0.1, 0.15) is 19.0 Å². The molecule has 0 aromatic heterocycles. The lowest BCUT2D eigenvalue weighted by atomic mass is 10.1. The Morgan fingerprint density at radius 3 is 2.58 bits per heavy atom. The van der Waals surface area contributed by atoms with Gasteiger partial charge in [-0.3, -0.25) is 19.3 Å². The number of benzene rings is 3. The molecule has 0 radical (unpaired) electrons. The smallest absolute Gasteiger partial charge is 0.294 e. The predicted molar refractivity (Wildman–Crippen MR) is 149 cm³/mol. The summed E-state index contributed by atoms with van der Waals surface area (Å²) in [4.78, 5) is 38.8. The van der Waals surface area contributed by atoms with E-state index in [0.29, 0.717) is 34.7 Å². The van der Waals surface area contributed by atoms with Crippen LogP contribution in [-0.2, 0) is 16.2 Å². The quantitative estimate of drug-likeness (QED) is 0.281. The molecule has 0 unspecified atom stereocenters. The van der Waals surface area contributed by atoms with Gasteiger partial charge in [-0.2, -0.15) is 0 Å². The van der Waals surface area contributed by atoms with Crippen LogP contribution >= 0.6 is 27.7 Å². The Balaban J connectivity index is 1.49. The second-order valence-electron chi connectivity index (χ2n) is 8.36. The molecule has 0 saturated carbocycles. The zero-order valence-electron chi connectivity index (χ0n) is 20.6. The first-order chi connectivity index (χ1) is 18.2. The maximum atomic E-state index is 13.4. The van der Waals surface area contributed by atoms with Crippen LogP contribution in [0.2, 0.25) is 0 Å². The zero-order chi connectivity index (χ0) is 27.2. The number of hydrogen-bond donors (Lipinski definition) is 1. The van der Waals surface area contributed by atoms with Gasteiger partial charge in [-0.05, 0) is 73.1 Å². The summed E-state index contributed by atoms with van der Waals surface area (Å²) in [6.07, 6.45) is 1.56. The minimum Gasteiger partial charge on any atom is -0.490 e. The van der Waals surface area contributed by atoms with Gasteiger partial charge in [0, 0.05) is 10.2 Å². The second-order valence-corrected chi connectivity index (χ2v) is 10.2. The van der Waals surface area contributed by atoms with Gasteiger partial charge < -0.3 is 14.8 Å². The Morgan fingerprint density at radius 1 is 1.08 bits per heavy atom. The minimum atomic E-state index is -0.617.